The van der Waals surface area contributed by atoms with Gasteiger partial charge in [0.2, 0.25) is 5.91 Å². The molecule has 0 spiro atoms. The highest BCUT2D eigenvalue weighted by atomic mass is 16.5. The van der Waals surface area contributed by atoms with Gasteiger partial charge in [-0.15, -0.1) is 0 Å². The molecule has 2 aromatic heterocycles. The van der Waals surface area contributed by atoms with Gasteiger partial charge in [-0.1, -0.05) is 41.6 Å². The first-order valence-electron chi connectivity index (χ1n) is 10.4. The van der Waals surface area contributed by atoms with Crippen molar-refractivity contribution in [2.24, 2.45) is 0 Å². The summed E-state index contributed by atoms with van der Waals surface area (Å²) in [6, 6.07) is 17.8. The fourth-order valence-electron chi connectivity index (χ4n) is 3.37. The average Bonchev–Trinajstić information content (AvgIpc) is 3.24. The van der Waals surface area contributed by atoms with Gasteiger partial charge in [0.1, 0.15) is 6.33 Å². The normalized spacial score (nSPS) is 10.7. The number of carbonyl (C=O) groups excluding carboxylic acids is 1. The molecule has 1 N–H and O–H groups in total. The largest absolute Gasteiger partial charge is 0.378 e. The van der Waals surface area contributed by atoms with Gasteiger partial charge in [0, 0.05) is 44.2 Å². The highest BCUT2D eigenvalue weighted by molar-refractivity contribution is 5.79. The third-order valence-corrected chi connectivity index (χ3v) is 5.14. The minimum absolute atomic E-state index is 0.00884. The van der Waals surface area contributed by atoms with E-state index in [0.717, 1.165) is 39.3 Å². The van der Waals surface area contributed by atoms with Crippen LogP contribution in [0.15, 0.2) is 71.6 Å². The maximum Gasteiger partial charge on any atom is 0.224 e. The number of anilines is 1. The van der Waals surface area contributed by atoms with E-state index in [1.807, 2.05) is 80.5 Å². The van der Waals surface area contributed by atoms with Crippen LogP contribution >= 0.6 is 0 Å². The summed E-state index contributed by atoms with van der Waals surface area (Å²) in [7, 11) is 3.99. The van der Waals surface area contributed by atoms with Crippen LogP contribution in [0.3, 0.4) is 0 Å². The molecule has 0 aliphatic heterocycles. The smallest absolute Gasteiger partial charge is 0.224 e. The maximum absolute atomic E-state index is 12.3. The molecule has 4 aromatic rings. The van der Waals surface area contributed by atoms with Crippen LogP contribution in [0.2, 0.25) is 0 Å². The van der Waals surface area contributed by atoms with Crippen molar-refractivity contribution < 1.29 is 9.32 Å². The van der Waals surface area contributed by atoms with Crippen LogP contribution in [0.4, 0.5) is 5.69 Å². The van der Waals surface area contributed by atoms with Gasteiger partial charge in [0.25, 0.3) is 0 Å². The Balaban J connectivity index is 1.39. The third kappa shape index (κ3) is 5.00. The van der Waals surface area contributed by atoms with Crippen LogP contribution < -0.4 is 10.2 Å². The van der Waals surface area contributed by atoms with Gasteiger partial charge in [0.15, 0.2) is 5.76 Å². The van der Waals surface area contributed by atoms with Crippen molar-refractivity contribution in [3.63, 3.8) is 0 Å². The molecule has 0 bridgehead atoms. The highest BCUT2D eigenvalue weighted by Gasteiger charge is 2.13. The number of benzene rings is 2. The van der Waals surface area contributed by atoms with Crippen LogP contribution in [0, 0.1) is 6.92 Å². The molecule has 32 heavy (non-hydrogen) atoms. The summed E-state index contributed by atoms with van der Waals surface area (Å²) in [6.45, 7) is 2.34. The topological polar surface area (TPSA) is 84.2 Å². The number of hydrogen-bond acceptors (Lipinski definition) is 6. The molecule has 0 radical (unpaired) electrons. The summed E-state index contributed by atoms with van der Waals surface area (Å²) < 4.78 is 5.39. The third-order valence-electron chi connectivity index (χ3n) is 5.14. The second kappa shape index (κ2) is 9.43. The molecule has 0 atom stereocenters. The van der Waals surface area contributed by atoms with E-state index >= 15 is 0 Å². The van der Waals surface area contributed by atoms with E-state index < -0.39 is 0 Å². The van der Waals surface area contributed by atoms with Gasteiger partial charge in [-0.3, -0.25) is 4.79 Å². The lowest BCUT2D eigenvalue weighted by atomic mass is 10.0. The van der Waals surface area contributed by atoms with Crippen molar-refractivity contribution >= 4 is 11.6 Å². The lowest BCUT2D eigenvalue weighted by molar-refractivity contribution is -0.120. The lowest BCUT2D eigenvalue weighted by Gasteiger charge is -2.12. The molecule has 0 aliphatic rings. The Morgan fingerprint density at radius 2 is 1.75 bits per heavy atom. The van der Waals surface area contributed by atoms with Crippen LogP contribution in [0.25, 0.3) is 22.6 Å². The van der Waals surface area contributed by atoms with E-state index in [2.05, 4.69) is 20.4 Å². The number of amides is 1. The van der Waals surface area contributed by atoms with Crippen molar-refractivity contribution in [2.75, 3.05) is 19.0 Å². The Bertz CT molecular complexity index is 1200. The molecular weight excluding hydrogens is 402 g/mol. The van der Waals surface area contributed by atoms with Gasteiger partial charge in [-0.2, -0.15) is 0 Å². The van der Waals surface area contributed by atoms with Crippen molar-refractivity contribution in [3.05, 3.63) is 83.9 Å². The molecule has 7 heteroatoms. The van der Waals surface area contributed by atoms with E-state index in [9.17, 15) is 4.79 Å². The van der Waals surface area contributed by atoms with Gasteiger partial charge in [-0.25, -0.2) is 9.97 Å². The van der Waals surface area contributed by atoms with Crippen molar-refractivity contribution in [1.29, 1.82) is 0 Å². The molecule has 7 nitrogen and oxygen atoms in total. The summed E-state index contributed by atoms with van der Waals surface area (Å²) in [5.41, 5.74) is 6.41. The van der Waals surface area contributed by atoms with E-state index in [0.29, 0.717) is 18.7 Å². The summed E-state index contributed by atoms with van der Waals surface area (Å²) >= 11 is 0. The quantitative estimate of drug-likeness (QED) is 0.479. The van der Waals surface area contributed by atoms with Gasteiger partial charge in [0.05, 0.1) is 23.4 Å². The SMILES string of the molecule is Cc1cc(-c2cncnc2-c2ccc(CNC(=O)Cc3ccc(N(C)C)cc3)cc2)on1. The molecule has 2 aromatic carbocycles. The molecule has 4 rings (SSSR count). The standard InChI is InChI=1S/C25H25N5O2/c1-17-12-23(32-29-17)22-15-26-16-28-25(22)20-8-4-19(5-9-20)14-27-24(31)13-18-6-10-21(11-7-18)30(2)3/h4-12,15-16H,13-14H2,1-3H3,(H,27,31). The summed E-state index contributed by atoms with van der Waals surface area (Å²) in [6.07, 6.45) is 3.59. The Kier molecular flexibility index (Phi) is 6.26. The Morgan fingerprint density at radius 3 is 2.41 bits per heavy atom. The monoisotopic (exact) mass is 427 g/mol. The first-order chi connectivity index (χ1) is 15.5. The van der Waals surface area contributed by atoms with Crippen LogP contribution in [-0.2, 0) is 17.8 Å². The number of aromatic nitrogens is 3. The van der Waals surface area contributed by atoms with E-state index in [-0.39, 0.29) is 5.91 Å². The number of rotatable bonds is 7. The molecule has 0 aliphatic carbocycles. The maximum atomic E-state index is 12.3. The number of nitrogens with one attached hydrogen (secondary N) is 1. The predicted octanol–water partition coefficient (Wildman–Crippen LogP) is 4.03. The van der Waals surface area contributed by atoms with Gasteiger partial charge >= 0.3 is 0 Å². The second-order valence-corrected chi connectivity index (χ2v) is 7.83. The minimum Gasteiger partial charge on any atom is -0.378 e. The van der Waals surface area contributed by atoms with E-state index in [1.54, 1.807) is 6.20 Å². The molecule has 0 fully saturated rings. The Labute approximate surface area is 187 Å². The summed E-state index contributed by atoms with van der Waals surface area (Å²) in [4.78, 5) is 22.9. The number of carbonyl (C=O) groups is 1. The zero-order chi connectivity index (χ0) is 22.5. The highest BCUT2D eigenvalue weighted by Crippen LogP contribution is 2.30. The minimum atomic E-state index is -0.00884. The molecule has 2 heterocycles. The number of aryl methyl sites for hydroxylation is 1. The number of nitrogens with zero attached hydrogens (tertiary/aromatic N) is 4. The first kappa shape index (κ1) is 21.2. The van der Waals surface area contributed by atoms with Gasteiger partial charge < -0.3 is 14.7 Å². The fourth-order valence-corrected chi connectivity index (χ4v) is 3.37. The lowest BCUT2D eigenvalue weighted by Crippen LogP contribution is -2.24. The van der Waals surface area contributed by atoms with E-state index in [1.165, 1.54) is 6.33 Å². The van der Waals surface area contributed by atoms with Crippen LogP contribution in [0.1, 0.15) is 16.8 Å². The predicted molar refractivity (Wildman–Crippen MR) is 124 cm³/mol. The summed E-state index contributed by atoms with van der Waals surface area (Å²) in [5.74, 6) is 0.624. The molecule has 0 unspecified atom stereocenters. The number of hydrogen-bond donors (Lipinski definition) is 1. The zero-order valence-corrected chi connectivity index (χ0v) is 18.4. The van der Waals surface area contributed by atoms with Crippen LogP contribution in [-0.4, -0.2) is 35.1 Å². The zero-order valence-electron chi connectivity index (χ0n) is 18.4. The van der Waals surface area contributed by atoms with Gasteiger partial charge in [-0.05, 0) is 30.2 Å². The molecule has 162 valence electrons. The first-order valence-corrected chi connectivity index (χ1v) is 10.4. The second-order valence-electron chi connectivity index (χ2n) is 7.83. The molecule has 1 amide bonds. The Hall–Kier alpha value is -4.00. The summed E-state index contributed by atoms with van der Waals surface area (Å²) in [5, 5.41) is 6.94. The van der Waals surface area contributed by atoms with Crippen molar-refractivity contribution in [3.8, 4) is 22.6 Å². The average molecular weight is 428 g/mol. The Morgan fingerprint density at radius 1 is 1.03 bits per heavy atom. The molecule has 0 saturated heterocycles. The van der Waals surface area contributed by atoms with E-state index in [4.69, 9.17) is 4.52 Å². The van der Waals surface area contributed by atoms with Crippen LogP contribution in [0.5, 0.6) is 0 Å². The van der Waals surface area contributed by atoms with Crippen molar-refractivity contribution in [2.45, 2.75) is 19.9 Å². The fraction of sp³-hybridized carbons (Fsp3) is 0.200. The van der Waals surface area contributed by atoms with Crippen molar-refractivity contribution in [1.82, 2.24) is 20.4 Å². The molecular formula is C25H25N5O2. The molecule has 0 saturated carbocycles.